The number of anilines is 1. The summed E-state index contributed by atoms with van der Waals surface area (Å²) in [6, 6.07) is 11.1. The van der Waals surface area contributed by atoms with E-state index in [2.05, 4.69) is 10.3 Å². The molecule has 1 N–H and O–H groups in total. The van der Waals surface area contributed by atoms with E-state index < -0.39 is 17.1 Å². The normalized spacial score (nSPS) is 24.2. The summed E-state index contributed by atoms with van der Waals surface area (Å²) in [6.45, 7) is 3.99. The maximum absolute atomic E-state index is 13.3. The monoisotopic (exact) mass is 365 g/mol. The van der Waals surface area contributed by atoms with E-state index in [0.29, 0.717) is 13.0 Å². The topological polar surface area (TPSA) is 71.5 Å². The zero-order chi connectivity index (χ0) is 19.2. The second-order valence-corrected chi connectivity index (χ2v) is 7.62. The van der Waals surface area contributed by atoms with Gasteiger partial charge in [0, 0.05) is 31.7 Å². The van der Waals surface area contributed by atoms with E-state index in [1.807, 2.05) is 36.4 Å². The first-order valence-corrected chi connectivity index (χ1v) is 9.09. The number of aromatic nitrogens is 1. The highest BCUT2D eigenvalue weighted by atomic mass is 16.5. The fourth-order valence-corrected chi connectivity index (χ4v) is 4.34. The van der Waals surface area contributed by atoms with Crippen LogP contribution in [0.2, 0.25) is 0 Å². The predicted molar refractivity (Wildman–Crippen MR) is 101 cm³/mol. The van der Waals surface area contributed by atoms with Gasteiger partial charge in [-0.3, -0.25) is 14.6 Å². The number of hydrogen-bond donors (Lipinski definition) is 1. The Kier molecular flexibility index (Phi) is 4.03. The average Bonchev–Trinajstić information content (AvgIpc) is 3.22. The molecule has 1 fully saturated rings. The molecular formula is C21H23N3O3. The number of hydrogen-bond acceptors (Lipinski definition) is 4. The summed E-state index contributed by atoms with van der Waals surface area (Å²) in [5.74, 6) is -0.198. The Morgan fingerprint density at radius 3 is 2.78 bits per heavy atom. The molecule has 1 spiro atoms. The van der Waals surface area contributed by atoms with Crippen LogP contribution in [0.15, 0.2) is 48.8 Å². The van der Waals surface area contributed by atoms with Crippen molar-refractivity contribution in [1.29, 1.82) is 0 Å². The number of nitrogens with one attached hydrogen (secondary N) is 1. The predicted octanol–water partition coefficient (Wildman–Crippen LogP) is 2.67. The third-order valence-electron chi connectivity index (χ3n) is 5.87. The molecule has 0 radical (unpaired) electrons. The second-order valence-electron chi connectivity index (χ2n) is 7.62. The highest BCUT2D eigenvalue weighted by molar-refractivity contribution is 6.08. The lowest BCUT2D eigenvalue weighted by atomic mass is 9.73. The number of carbonyl (C=O) groups is 2. The van der Waals surface area contributed by atoms with Crippen LogP contribution in [0.1, 0.15) is 37.4 Å². The van der Waals surface area contributed by atoms with E-state index in [4.69, 9.17) is 4.74 Å². The van der Waals surface area contributed by atoms with Gasteiger partial charge in [-0.2, -0.15) is 0 Å². The van der Waals surface area contributed by atoms with Crippen LogP contribution < -0.4 is 5.32 Å². The lowest BCUT2D eigenvalue weighted by Crippen LogP contribution is -2.49. The molecule has 6 nitrogen and oxygen atoms in total. The molecular weight excluding hydrogens is 342 g/mol. The van der Waals surface area contributed by atoms with Crippen LogP contribution in [0.3, 0.4) is 0 Å². The van der Waals surface area contributed by atoms with Crippen molar-refractivity contribution in [2.45, 2.75) is 37.3 Å². The molecule has 3 heterocycles. The van der Waals surface area contributed by atoms with Crippen LogP contribution in [-0.2, 0) is 19.7 Å². The fraction of sp³-hybridized carbons (Fsp3) is 0.381. The van der Waals surface area contributed by atoms with Crippen molar-refractivity contribution in [3.05, 3.63) is 59.9 Å². The molecule has 27 heavy (non-hydrogen) atoms. The van der Waals surface area contributed by atoms with Crippen molar-refractivity contribution in [2.75, 3.05) is 19.0 Å². The summed E-state index contributed by atoms with van der Waals surface area (Å²) < 4.78 is 5.44. The first kappa shape index (κ1) is 17.7. The Morgan fingerprint density at radius 1 is 1.30 bits per heavy atom. The first-order chi connectivity index (χ1) is 12.9. The highest BCUT2D eigenvalue weighted by Crippen LogP contribution is 2.54. The average molecular weight is 365 g/mol. The van der Waals surface area contributed by atoms with Crippen LogP contribution >= 0.6 is 0 Å². The Labute approximate surface area is 158 Å². The van der Waals surface area contributed by atoms with Crippen molar-refractivity contribution in [1.82, 2.24) is 9.88 Å². The Balaban J connectivity index is 1.89. The van der Waals surface area contributed by atoms with Gasteiger partial charge in [0.2, 0.25) is 5.91 Å². The smallest absolute Gasteiger partial charge is 0.254 e. The minimum absolute atomic E-state index is 0.0666. The molecule has 140 valence electrons. The van der Waals surface area contributed by atoms with Crippen LogP contribution in [0.25, 0.3) is 0 Å². The van der Waals surface area contributed by atoms with E-state index in [-0.39, 0.29) is 11.8 Å². The quantitative estimate of drug-likeness (QED) is 0.908. The third-order valence-corrected chi connectivity index (χ3v) is 5.87. The zero-order valence-electron chi connectivity index (χ0n) is 15.7. The van der Waals surface area contributed by atoms with Crippen molar-refractivity contribution in [3.63, 3.8) is 0 Å². The van der Waals surface area contributed by atoms with E-state index in [9.17, 15) is 9.59 Å². The van der Waals surface area contributed by atoms with E-state index in [0.717, 1.165) is 16.8 Å². The Bertz CT molecular complexity index is 897. The van der Waals surface area contributed by atoms with Gasteiger partial charge in [-0.1, -0.05) is 24.3 Å². The molecule has 0 aliphatic carbocycles. The highest BCUT2D eigenvalue weighted by Gasteiger charge is 2.60. The minimum Gasteiger partial charge on any atom is -0.369 e. The molecule has 2 atom stereocenters. The molecule has 2 amide bonds. The van der Waals surface area contributed by atoms with Crippen molar-refractivity contribution in [2.24, 2.45) is 0 Å². The van der Waals surface area contributed by atoms with Gasteiger partial charge in [0.05, 0.1) is 6.04 Å². The molecule has 1 aromatic carbocycles. The van der Waals surface area contributed by atoms with Crippen LogP contribution in [0, 0.1) is 0 Å². The van der Waals surface area contributed by atoms with Crippen LogP contribution in [0.4, 0.5) is 5.69 Å². The molecule has 2 aliphatic rings. The number of carbonyl (C=O) groups excluding carboxylic acids is 2. The first-order valence-electron chi connectivity index (χ1n) is 9.09. The van der Waals surface area contributed by atoms with E-state index in [1.54, 1.807) is 31.1 Å². The molecule has 1 aromatic heterocycles. The maximum atomic E-state index is 13.3. The number of nitrogens with zero attached hydrogens (tertiary/aromatic N) is 2. The summed E-state index contributed by atoms with van der Waals surface area (Å²) in [5.41, 5.74) is 0.813. The van der Waals surface area contributed by atoms with Crippen molar-refractivity contribution in [3.8, 4) is 0 Å². The molecule has 6 heteroatoms. The maximum Gasteiger partial charge on any atom is 0.254 e. The third kappa shape index (κ3) is 2.47. The largest absolute Gasteiger partial charge is 0.369 e. The van der Waals surface area contributed by atoms with Gasteiger partial charge in [-0.05, 0) is 43.5 Å². The lowest BCUT2D eigenvalue weighted by molar-refractivity contribution is -0.152. The molecule has 0 saturated carbocycles. The molecule has 2 aliphatic heterocycles. The minimum atomic E-state index is -0.972. The van der Waals surface area contributed by atoms with Crippen LogP contribution in [0.5, 0.6) is 0 Å². The van der Waals surface area contributed by atoms with E-state index in [1.165, 1.54) is 7.11 Å². The number of ether oxygens (including phenoxy) is 1. The SMILES string of the molecule is COC(C)(C)C(=O)N1CCC2(C(=O)Nc3ccccc32)C1c1cccnc1. The number of rotatable bonds is 3. The summed E-state index contributed by atoms with van der Waals surface area (Å²) in [6.07, 6.45) is 3.99. The second kappa shape index (κ2) is 6.16. The summed E-state index contributed by atoms with van der Waals surface area (Å²) in [7, 11) is 1.53. The number of para-hydroxylation sites is 1. The van der Waals surface area contributed by atoms with Gasteiger partial charge in [-0.15, -0.1) is 0 Å². The summed E-state index contributed by atoms with van der Waals surface area (Å²) >= 11 is 0. The molecule has 4 rings (SSSR count). The molecule has 1 saturated heterocycles. The molecule has 0 bridgehead atoms. The number of likely N-dealkylation sites (tertiary alicyclic amines) is 1. The van der Waals surface area contributed by atoms with Crippen LogP contribution in [-0.4, -0.2) is 41.0 Å². The molecule has 2 aromatic rings. The number of pyridine rings is 1. The van der Waals surface area contributed by atoms with Gasteiger partial charge in [0.25, 0.3) is 5.91 Å². The Hall–Kier alpha value is -2.73. The number of benzene rings is 1. The van der Waals surface area contributed by atoms with E-state index >= 15 is 0 Å². The molecule has 2 unspecified atom stereocenters. The zero-order valence-corrected chi connectivity index (χ0v) is 15.7. The summed E-state index contributed by atoms with van der Waals surface area (Å²) in [5, 5.41) is 3.01. The Morgan fingerprint density at radius 2 is 2.07 bits per heavy atom. The van der Waals surface area contributed by atoms with Gasteiger partial charge in [0.1, 0.15) is 11.0 Å². The van der Waals surface area contributed by atoms with Gasteiger partial charge >= 0.3 is 0 Å². The number of methoxy groups -OCH3 is 1. The number of amides is 2. The van der Waals surface area contributed by atoms with Crippen molar-refractivity contribution < 1.29 is 14.3 Å². The fourth-order valence-electron chi connectivity index (χ4n) is 4.34. The summed E-state index contributed by atoms with van der Waals surface area (Å²) in [4.78, 5) is 32.5. The standard InChI is InChI=1S/C21H23N3O3/c1-20(2,27-3)19(26)24-12-10-21(17(24)14-7-6-11-22-13-14)15-8-4-5-9-16(15)23-18(21)25/h4-9,11,13,17H,10,12H2,1-3H3,(H,23,25). The van der Waals surface area contributed by atoms with Gasteiger partial charge < -0.3 is 15.0 Å². The van der Waals surface area contributed by atoms with Crippen molar-refractivity contribution >= 4 is 17.5 Å². The van der Waals surface area contributed by atoms with Gasteiger partial charge in [0.15, 0.2) is 0 Å². The van der Waals surface area contributed by atoms with Gasteiger partial charge in [-0.25, -0.2) is 0 Å². The lowest BCUT2D eigenvalue weighted by Gasteiger charge is -2.37. The number of fused-ring (bicyclic) bond motifs is 2.